The maximum Gasteiger partial charge on any atom is 0.130 e. The van der Waals surface area contributed by atoms with Crippen LogP contribution in [0.15, 0.2) is 48.5 Å². The van der Waals surface area contributed by atoms with Crippen LogP contribution in [-0.2, 0) is 0 Å². The molecule has 108 valence electrons. The summed E-state index contributed by atoms with van der Waals surface area (Å²) in [5.74, 6) is 0.902. The van der Waals surface area contributed by atoms with Crippen molar-refractivity contribution in [3.05, 3.63) is 64.7 Å². The predicted octanol–water partition coefficient (Wildman–Crippen LogP) is 4.98. The summed E-state index contributed by atoms with van der Waals surface area (Å²) >= 11 is 5.99. The first-order chi connectivity index (χ1) is 9.98. The van der Waals surface area contributed by atoms with Crippen molar-refractivity contribution >= 4 is 22.9 Å². The Labute approximate surface area is 130 Å². The van der Waals surface area contributed by atoms with E-state index >= 15 is 0 Å². The second-order valence-electron chi connectivity index (χ2n) is 5.73. The van der Waals surface area contributed by atoms with E-state index < -0.39 is 0 Å². The molecular formula is C18H18ClNO. The van der Waals surface area contributed by atoms with Gasteiger partial charge in [-0.3, -0.25) is 0 Å². The quantitative estimate of drug-likeness (QED) is 0.844. The van der Waals surface area contributed by atoms with E-state index in [9.17, 15) is 0 Å². The highest BCUT2D eigenvalue weighted by molar-refractivity contribution is 6.30. The van der Waals surface area contributed by atoms with Gasteiger partial charge in [-0.25, -0.2) is 0 Å². The van der Waals surface area contributed by atoms with Gasteiger partial charge in [0.25, 0.3) is 0 Å². The van der Waals surface area contributed by atoms with E-state index in [1.54, 1.807) is 0 Å². The van der Waals surface area contributed by atoms with E-state index in [-0.39, 0.29) is 5.60 Å². The fourth-order valence-corrected chi connectivity index (χ4v) is 2.72. The number of ether oxygens (including phenoxy) is 1. The van der Waals surface area contributed by atoms with Gasteiger partial charge in [0.15, 0.2) is 0 Å². The zero-order valence-corrected chi connectivity index (χ0v) is 13.2. The lowest BCUT2D eigenvalue weighted by atomic mass is 9.90. The summed E-state index contributed by atoms with van der Waals surface area (Å²) in [5, 5.41) is 3.90. The lowest BCUT2D eigenvalue weighted by molar-refractivity contribution is 0.158. The molecule has 0 spiro atoms. The van der Waals surface area contributed by atoms with Crippen molar-refractivity contribution in [2.45, 2.75) is 19.4 Å². The SMILES string of the molecule is CNc1ccc2c(c1)OC(C)(C)C=C2c1ccc(Cl)cc1. The van der Waals surface area contributed by atoms with Gasteiger partial charge >= 0.3 is 0 Å². The number of hydrogen-bond donors (Lipinski definition) is 1. The Bertz CT molecular complexity index is 702. The van der Waals surface area contributed by atoms with E-state index in [0.717, 1.165) is 27.6 Å². The van der Waals surface area contributed by atoms with Crippen LogP contribution in [0.25, 0.3) is 5.57 Å². The number of nitrogens with one attached hydrogen (secondary N) is 1. The summed E-state index contributed by atoms with van der Waals surface area (Å²) in [4.78, 5) is 0. The van der Waals surface area contributed by atoms with Crippen LogP contribution in [0.3, 0.4) is 0 Å². The number of hydrogen-bond acceptors (Lipinski definition) is 2. The van der Waals surface area contributed by atoms with Gasteiger partial charge in [0, 0.05) is 29.4 Å². The highest BCUT2D eigenvalue weighted by Crippen LogP contribution is 2.40. The number of anilines is 1. The molecule has 2 aromatic rings. The Morgan fingerprint density at radius 2 is 1.76 bits per heavy atom. The summed E-state index contributed by atoms with van der Waals surface area (Å²) in [6, 6.07) is 14.1. The van der Waals surface area contributed by atoms with Crippen LogP contribution in [0.4, 0.5) is 5.69 Å². The first-order valence-corrected chi connectivity index (χ1v) is 7.36. The number of fused-ring (bicyclic) bond motifs is 1. The van der Waals surface area contributed by atoms with Crippen LogP contribution in [-0.4, -0.2) is 12.6 Å². The van der Waals surface area contributed by atoms with Gasteiger partial charge in [0.1, 0.15) is 11.4 Å². The lowest BCUT2D eigenvalue weighted by Crippen LogP contribution is -2.29. The molecule has 1 aliphatic heterocycles. The largest absolute Gasteiger partial charge is 0.483 e. The van der Waals surface area contributed by atoms with E-state index in [4.69, 9.17) is 16.3 Å². The average Bonchev–Trinajstić information content (AvgIpc) is 2.45. The third-order valence-electron chi connectivity index (χ3n) is 3.58. The highest BCUT2D eigenvalue weighted by atomic mass is 35.5. The molecule has 0 fully saturated rings. The molecule has 0 atom stereocenters. The van der Waals surface area contributed by atoms with Crippen molar-refractivity contribution < 1.29 is 4.74 Å². The molecule has 0 unspecified atom stereocenters. The molecule has 0 saturated heterocycles. The minimum absolute atomic E-state index is 0.339. The van der Waals surface area contributed by atoms with E-state index in [2.05, 4.69) is 37.4 Å². The Balaban J connectivity index is 2.15. The molecule has 0 radical (unpaired) electrons. The predicted molar refractivity (Wildman–Crippen MR) is 89.2 cm³/mol. The zero-order valence-electron chi connectivity index (χ0n) is 12.4. The standard InChI is InChI=1S/C18H18ClNO/c1-18(2)11-16(12-4-6-13(19)7-5-12)15-9-8-14(20-3)10-17(15)21-18/h4-11,20H,1-3H3. The van der Waals surface area contributed by atoms with Gasteiger partial charge in [-0.15, -0.1) is 0 Å². The van der Waals surface area contributed by atoms with Gasteiger partial charge in [-0.1, -0.05) is 23.7 Å². The van der Waals surface area contributed by atoms with E-state index in [0.29, 0.717) is 0 Å². The Morgan fingerprint density at radius 1 is 1.05 bits per heavy atom. The molecule has 21 heavy (non-hydrogen) atoms. The van der Waals surface area contributed by atoms with Gasteiger partial charge in [0.2, 0.25) is 0 Å². The van der Waals surface area contributed by atoms with Crippen molar-refractivity contribution in [2.24, 2.45) is 0 Å². The normalized spacial score (nSPS) is 15.7. The van der Waals surface area contributed by atoms with Gasteiger partial charge in [-0.05, 0) is 55.3 Å². The molecule has 1 heterocycles. The molecule has 0 bridgehead atoms. The van der Waals surface area contributed by atoms with Crippen molar-refractivity contribution in [1.29, 1.82) is 0 Å². The summed E-state index contributed by atoms with van der Waals surface area (Å²) in [6.07, 6.45) is 2.16. The fourth-order valence-electron chi connectivity index (χ4n) is 2.59. The van der Waals surface area contributed by atoms with Gasteiger partial charge in [-0.2, -0.15) is 0 Å². The zero-order chi connectivity index (χ0) is 15.0. The molecule has 0 saturated carbocycles. The maximum atomic E-state index is 6.09. The number of benzene rings is 2. The molecule has 1 aliphatic rings. The van der Waals surface area contributed by atoms with Crippen LogP contribution in [0.1, 0.15) is 25.0 Å². The van der Waals surface area contributed by atoms with Crippen LogP contribution in [0.5, 0.6) is 5.75 Å². The van der Waals surface area contributed by atoms with E-state index in [1.165, 1.54) is 5.57 Å². The van der Waals surface area contributed by atoms with Crippen molar-refractivity contribution in [3.63, 3.8) is 0 Å². The van der Waals surface area contributed by atoms with Gasteiger partial charge < -0.3 is 10.1 Å². The second kappa shape index (κ2) is 5.12. The van der Waals surface area contributed by atoms with Crippen LogP contribution >= 0.6 is 11.6 Å². The molecule has 3 heteroatoms. The van der Waals surface area contributed by atoms with Crippen LogP contribution < -0.4 is 10.1 Å². The number of rotatable bonds is 2. The summed E-state index contributed by atoms with van der Waals surface area (Å²) < 4.78 is 6.09. The molecule has 3 rings (SSSR count). The lowest BCUT2D eigenvalue weighted by Gasteiger charge is -2.31. The molecule has 2 nitrogen and oxygen atoms in total. The molecule has 0 aromatic heterocycles. The molecular weight excluding hydrogens is 282 g/mol. The first-order valence-electron chi connectivity index (χ1n) is 6.98. The molecule has 0 aliphatic carbocycles. The summed E-state index contributed by atoms with van der Waals surface area (Å²) in [5.41, 5.74) is 4.14. The van der Waals surface area contributed by atoms with Crippen molar-refractivity contribution in [3.8, 4) is 5.75 Å². The molecule has 0 amide bonds. The second-order valence-corrected chi connectivity index (χ2v) is 6.17. The average molecular weight is 300 g/mol. The monoisotopic (exact) mass is 299 g/mol. The smallest absolute Gasteiger partial charge is 0.130 e. The Hall–Kier alpha value is -1.93. The topological polar surface area (TPSA) is 21.3 Å². The molecule has 1 N–H and O–H groups in total. The summed E-state index contributed by atoms with van der Waals surface area (Å²) in [6.45, 7) is 4.13. The molecule has 2 aromatic carbocycles. The third-order valence-corrected chi connectivity index (χ3v) is 3.83. The number of halogens is 1. The fraction of sp³-hybridized carbons (Fsp3) is 0.222. The summed E-state index contributed by atoms with van der Waals surface area (Å²) in [7, 11) is 1.91. The van der Waals surface area contributed by atoms with Gasteiger partial charge in [0.05, 0.1) is 0 Å². The van der Waals surface area contributed by atoms with E-state index in [1.807, 2.05) is 37.4 Å². The third kappa shape index (κ3) is 2.77. The van der Waals surface area contributed by atoms with Crippen molar-refractivity contribution in [2.75, 3.05) is 12.4 Å². The highest BCUT2D eigenvalue weighted by Gasteiger charge is 2.27. The minimum atomic E-state index is -0.339. The van der Waals surface area contributed by atoms with Crippen LogP contribution in [0, 0.1) is 0 Å². The minimum Gasteiger partial charge on any atom is -0.483 e. The maximum absolute atomic E-state index is 6.09. The first kappa shape index (κ1) is 14.0. The van der Waals surface area contributed by atoms with Crippen molar-refractivity contribution in [1.82, 2.24) is 0 Å². The Kier molecular flexibility index (Phi) is 3.42. The van der Waals surface area contributed by atoms with Crippen LogP contribution in [0.2, 0.25) is 5.02 Å². The Morgan fingerprint density at radius 3 is 2.43 bits per heavy atom.